The number of nitrogens with two attached hydrogens (primary N) is 1. The van der Waals surface area contributed by atoms with Crippen molar-refractivity contribution in [1.82, 2.24) is 14.8 Å². The van der Waals surface area contributed by atoms with Crippen LogP contribution in [-0.2, 0) is 6.73 Å². The van der Waals surface area contributed by atoms with Crippen molar-refractivity contribution in [3.63, 3.8) is 0 Å². The van der Waals surface area contributed by atoms with Gasteiger partial charge in [-0.25, -0.2) is 0 Å². The lowest BCUT2D eigenvalue weighted by atomic mass is 10.1. The molecule has 118 valence electrons. The minimum Gasteiger partial charge on any atom is -0.376 e. The standard InChI is InChI=1S/C15H12Cl2N4O2/c16-9-1-2-10(12(17)3-9)14-11(15(18)23)4-13(21(14)7-22)8-5-19-20-6-8/h1-6,22H,7H2,(H2,18,23)(H,19,20). The second-order valence-corrected chi connectivity index (χ2v) is 5.68. The molecule has 0 saturated carbocycles. The second-order valence-electron chi connectivity index (χ2n) is 4.84. The first-order chi connectivity index (χ1) is 11.0. The van der Waals surface area contributed by atoms with Crippen LogP contribution in [0.2, 0.25) is 10.0 Å². The molecule has 23 heavy (non-hydrogen) atoms. The predicted octanol–water partition coefficient (Wildman–Crippen LogP) is 2.90. The third-order valence-corrected chi connectivity index (χ3v) is 4.03. The number of carbonyl (C=O) groups excluding carboxylic acids is 1. The summed E-state index contributed by atoms with van der Waals surface area (Å²) in [5, 5.41) is 17.2. The van der Waals surface area contributed by atoms with E-state index in [1.54, 1.807) is 41.2 Å². The number of aromatic amines is 1. The number of aliphatic hydroxyl groups excluding tert-OH is 1. The van der Waals surface area contributed by atoms with E-state index in [4.69, 9.17) is 28.9 Å². The molecule has 0 aliphatic rings. The number of carbonyl (C=O) groups is 1. The number of amides is 1. The Morgan fingerprint density at radius 3 is 2.70 bits per heavy atom. The zero-order valence-electron chi connectivity index (χ0n) is 11.8. The first-order valence-electron chi connectivity index (χ1n) is 6.61. The van der Waals surface area contributed by atoms with Gasteiger partial charge in [-0.05, 0) is 24.3 Å². The van der Waals surface area contributed by atoms with E-state index in [-0.39, 0.29) is 12.3 Å². The Hall–Kier alpha value is -2.28. The van der Waals surface area contributed by atoms with Gasteiger partial charge < -0.3 is 15.4 Å². The second kappa shape index (κ2) is 6.08. The molecule has 6 nitrogen and oxygen atoms in total. The maximum Gasteiger partial charge on any atom is 0.250 e. The summed E-state index contributed by atoms with van der Waals surface area (Å²) in [7, 11) is 0. The van der Waals surface area contributed by atoms with Crippen LogP contribution in [0.5, 0.6) is 0 Å². The van der Waals surface area contributed by atoms with Crippen molar-refractivity contribution in [2.45, 2.75) is 6.73 Å². The van der Waals surface area contributed by atoms with Gasteiger partial charge in [-0.2, -0.15) is 5.10 Å². The number of aliphatic hydroxyl groups is 1. The molecule has 0 aliphatic heterocycles. The molecule has 4 N–H and O–H groups in total. The summed E-state index contributed by atoms with van der Waals surface area (Å²) in [4.78, 5) is 11.9. The van der Waals surface area contributed by atoms with E-state index in [2.05, 4.69) is 10.2 Å². The van der Waals surface area contributed by atoms with Crippen LogP contribution in [0.3, 0.4) is 0 Å². The highest BCUT2D eigenvalue weighted by Crippen LogP contribution is 2.37. The summed E-state index contributed by atoms with van der Waals surface area (Å²) < 4.78 is 1.54. The van der Waals surface area contributed by atoms with Crippen LogP contribution < -0.4 is 5.73 Å². The number of hydrogen-bond acceptors (Lipinski definition) is 3. The molecule has 8 heteroatoms. The van der Waals surface area contributed by atoms with E-state index in [9.17, 15) is 9.90 Å². The summed E-state index contributed by atoms with van der Waals surface area (Å²) in [5.74, 6) is -0.622. The van der Waals surface area contributed by atoms with Crippen molar-refractivity contribution in [3.8, 4) is 22.5 Å². The zero-order valence-corrected chi connectivity index (χ0v) is 13.3. The normalized spacial score (nSPS) is 10.9. The summed E-state index contributed by atoms with van der Waals surface area (Å²) in [5.41, 5.74) is 8.02. The molecular formula is C15H12Cl2N4O2. The molecule has 0 spiro atoms. The summed E-state index contributed by atoms with van der Waals surface area (Å²) in [6.45, 7) is -0.359. The van der Waals surface area contributed by atoms with Crippen LogP contribution in [0.15, 0.2) is 36.7 Å². The van der Waals surface area contributed by atoms with Gasteiger partial charge in [0.15, 0.2) is 0 Å². The maximum absolute atomic E-state index is 11.9. The first-order valence-corrected chi connectivity index (χ1v) is 7.37. The Labute approximate surface area is 141 Å². The molecule has 0 saturated heterocycles. The molecule has 0 fully saturated rings. The van der Waals surface area contributed by atoms with E-state index in [0.717, 1.165) is 0 Å². The lowest BCUT2D eigenvalue weighted by Gasteiger charge is -2.12. The molecule has 3 aromatic rings. The molecule has 0 radical (unpaired) electrons. The van der Waals surface area contributed by atoms with Gasteiger partial charge in [0.25, 0.3) is 5.91 Å². The van der Waals surface area contributed by atoms with Crippen LogP contribution in [0.4, 0.5) is 0 Å². The van der Waals surface area contributed by atoms with E-state index in [0.29, 0.717) is 32.6 Å². The number of benzene rings is 1. The molecule has 0 unspecified atom stereocenters. The average molecular weight is 351 g/mol. The molecule has 3 rings (SSSR count). The van der Waals surface area contributed by atoms with Gasteiger partial charge in [0.1, 0.15) is 6.73 Å². The van der Waals surface area contributed by atoms with Gasteiger partial charge in [-0.1, -0.05) is 23.2 Å². The zero-order chi connectivity index (χ0) is 16.6. The van der Waals surface area contributed by atoms with E-state index in [1.807, 2.05) is 0 Å². The maximum atomic E-state index is 11.9. The molecule has 1 amide bonds. The predicted molar refractivity (Wildman–Crippen MR) is 88.2 cm³/mol. The fraction of sp³-hybridized carbons (Fsp3) is 0.0667. The summed E-state index contributed by atoms with van der Waals surface area (Å²) in [6.07, 6.45) is 3.24. The van der Waals surface area contributed by atoms with Crippen molar-refractivity contribution in [3.05, 3.63) is 52.3 Å². The van der Waals surface area contributed by atoms with Crippen LogP contribution in [-0.4, -0.2) is 25.8 Å². The van der Waals surface area contributed by atoms with Gasteiger partial charge in [-0.15, -0.1) is 0 Å². The van der Waals surface area contributed by atoms with Crippen LogP contribution in [0, 0.1) is 0 Å². The number of primary amides is 1. The first kappa shape index (κ1) is 15.6. The highest BCUT2D eigenvalue weighted by atomic mass is 35.5. The number of hydrogen-bond donors (Lipinski definition) is 3. The molecule has 0 atom stereocenters. The van der Waals surface area contributed by atoms with Crippen LogP contribution in [0.1, 0.15) is 10.4 Å². The van der Waals surface area contributed by atoms with Crippen molar-refractivity contribution in [1.29, 1.82) is 0 Å². The van der Waals surface area contributed by atoms with E-state index >= 15 is 0 Å². The topological polar surface area (TPSA) is 96.9 Å². The fourth-order valence-corrected chi connectivity index (χ4v) is 2.98. The largest absolute Gasteiger partial charge is 0.376 e. The SMILES string of the molecule is NC(=O)c1cc(-c2cn[nH]c2)n(CO)c1-c1ccc(Cl)cc1Cl. The number of H-pyrrole nitrogens is 1. The highest BCUT2D eigenvalue weighted by molar-refractivity contribution is 6.36. The van der Waals surface area contributed by atoms with Gasteiger partial charge >= 0.3 is 0 Å². The Balaban J connectivity index is 2.32. The van der Waals surface area contributed by atoms with Gasteiger partial charge in [-0.3, -0.25) is 9.89 Å². The third kappa shape index (κ3) is 2.72. The lowest BCUT2D eigenvalue weighted by molar-refractivity contribution is 0.100. The fourth-order valence-electron chi connectivity index (χ4n) is 2.49. The third-order valence-electron chi connectivity index (χ3n) is 3.48. The van der Waals surface area contributed by atoms with Crippen molar-refractivity contribution >= 4 is 29.1 Å². The summed E-state index contributed by atoms with van der Waals surface area (Å²) in [6, 6.07) is 6.50. The molecule has 0 bridgehead atoms. The summed E-state index contributed by atoms with van der Waals surface area (Å²) >= 11 is 12.2. The Morgan fingerprint density at radius 2 is 2.13 bits per heavy atom. The minimum absolute atomic E-state index is 0.250. The van der Waals surface area contributed by atoms with Crippen molar-refractivity contribution < 1.29 is 9.90 Å². The number of rotatable bonds is 4. The van der Waals surface area contributed by atoms with Gasteiger partial charge in [0.05, 0.1) is 28.2 Å². The van der Waals surface area contributed by atoms with Crippen LogP contribution >= 0.6 is 23.2 Å². The number of nitrogens with zero attached hydrogens (tertiary/aromatic N) is 2. The smallest absolute Gasteiger partial charge is 0.250 e. The number of halogens is 2. The number of aromatic nitrogens is 3. The van der Waals surface area contributed by atoms with Gasteiger partial charge in [0, 0.05) is 22.3 Å². The molecule has 1 aromatic carbocycles. The molecule has 2 aromatic heterocycles. The van der Waals surface area contributed by atoms with E-state index in [1.165, 1.54) is 0 Å². The highest BCUT2D eigenvalue weighted by Gasteiger charge is 2.22. The Bertz CT molecular complexity index is 872. The average Bonchev–Trinajstić information content (AvgIpc) is 3.13. The molecular weight excluding hydrogens is 339 g/mol. The quantitative estimate of drug-likeness (QED) is 0.674. The molecule has 2 heterocycles. The van der Waals surface area contributed by atoms with Crippen molar-refractivity contribution in [2.24, 2.45) is 5.73 Å². The molecule has 0 aliphatic carbocycles. The van der Waals surface area contributed by atoms with Gasteiger partial charge in [0.2, 0.25) is 0 Å². The van der Waals surface area contributed by atoms with Crippen LogP contribution in [0.25, 0.3) is 22.5 Å². The van der Waals surface area contributed by atoms with Crippen molar-refractivity contribution in [2.75, 3.05) is 0 Å². The lowest BCUT2D eigenvalue weighted by Crippen LogP contribution is -2.12. The van der Waals surface area contributed by atoms with E-state index < -0.39 is 5.91 Å². The minimum atomic E-state index is -0.622. The Kier molecular flexibility index (Phi) is 4.12. The Morgan fingerprint density at radius 1 is 1.35 bits per heavy atom. The monoisotopic (exact) mass is 350 g/mol. The number of nitrogens with one attached hydrogen (secondary N) is 1.